The van der Waals surface area contributed by atoms with Gasteiger partial charge < -0.3 is 9.84 Å². The lowest BCUT2D eigenvalue weighted by atomic mass is 10.0. The maximum Gasteiger partial charge on any atom is 0.328 e. The summed E-state index contributed by atoms with van der Waals surface area (Å²) in [6, 6.07) is 6.92. The molecule has 1 aromatic carbocycles. The molecule has 4 heteroatoms. The second-order valence-electron chi connectivity index (χ2n) is 4.91. The third-order valence-electron chi connectivity index (χ3n) is 2.74. The van der Waals surface area contributed by atoms with Crippen LogP contribution in [0, 0.1) is 5.92 Å². The number of methoxy groups -OCH3 is 1. The van der Waals surface area contributed by atoms with Crippen LogP contribution in [0.15, 0.2) is 35.3 Å². The lowest BCUT2D eigenvalue weighted by Gasteiger charge is -2.08. The van der Waals surface area contributed by atoms with Crippen LogP contribution in [-0.2, 0) is 4.79 Å². The van der Waals surface area contributed by atoms with Crippen LogP contribution in [-0.4, -0.2) is 30.4 Å². The van der Waals surface area contributed by atoms with Crippen LogP contribution in [0.3, 0.4) is 0 Å². The van der Waals surface area contributed by atoms with E-state index in [1.807, 2.05) is 44.2 Å². The zero-order valence-corrected chi connectivity index (χ0v) is 12.1. The summed E-state index contributed by atoms with van der Waals surface area (Å²) < 4.78 is 5.07. The van der Waals surface area contributed by atoms with Gasteiger partial charge in [0.05, 0.1) is 7.11 Å². The normalized spacial score (nSPS) is 13.2. The van der Waals surface area contributed by atoms with E-state index in [0.717, 1.165) is 11.3 Å². The zero-order valence-electron chi connectivity index (χ0n) is 12.1. The highest BCUT2D eigenvalue weighted by Crippen LogP contribution is 2.12. The average Bonchev–Trinajstić information content (AvgIpc) is 2.42. The predicted octanol–water partition coefficient (Wildman–Crippen LogP) is 3.28. The van der Waals surface area contributed by atoms with Crippen molar-refractivity contribution in [2.24, 2.45) is 10.9 Å². The number of aliphatic imine (C=N–C) groups is 1. The van der Waals surface area contributed by atoms with E-state index in [1.165, 1.54) is 0 Å². The lowest BCUT2D eigenvalue weighted by molar-refractivity contribution is -0.138. The van der Waals surface area contributed by atoms with Gasteiger partial charge in [0.15, 0.2) is 0 Å². The molecule has 1 atom stereocenters. The van der Waals surface area contributed by atoms with Crippen molar-refractivity contribution in [1.82, 2.24) is 0 Å². The topological polar surface area (TPSA) is 58.9 Å². The molecule has 0 radical (unpaired) electrons. The number of rotatable bonds is 7. The van der Waals surface area contributed by atoms with Crippen molar-refractivity contribution < 1.29 is 14.6 Å². The first-order chi connectivity index (χ1) is 9.52. The molecule has 0 aromatic heterocycles. The van der Waals surface area contributed by atoms with Gasteiger partial charge in [-0.15, -0.1) is 0 Å². The smallest absolute Gasteiger partial charge is 0.328 e. The van der Waals surface area contributed by atoms with Crippen LogP contribution < -0.4 is 4.74 Å². The molecule has 0 fully saturated rings. The van der Waals surface area contributed by atoms with Gasteiger partial charge in [0.2, 0.25) is 0 Å². The fourth-order valence-corrected chi connectivity index (χ4v) is 1.69. The Morgan fingerprint density at radius 2 is 2.00 bits per heavy atom. The highest BCUT2D eigenvalue weighted by molar-refractivity contribution is 5.82. The summed E-state index contributed by atoms with van der Waals surface area (Å²) in [7, 11) is 1.62. The molecule has 0 unspecified atom stereocenters. The van der Waals surface area contributed by atoms with Gasteiger partial charge in [-0.25, -0.2) is 4.79 Å². The van der Waals surface area contributed by atoms with E-state index in [0.29, 0.717) is 12.3 Å². The van der Waals surface area contributed by atoms with Crippen LogP contribution >= 0.6 is 0 Å². The minimum absolute atomic E-state index is 0.304. The number of aliphatic carboxylic acids is 1. The van der Waals surface area contributed by atoms with E-state index >= 15 is 0 Å². The summed E-state index contributed by atoms with van der Waals surface area (Å²) in [5, 5.41) is 9.04. The number of carboxylic acids is 1. The number of hydrogen-bond acceptors (Lipinski definition) is 3. The molecule has 0 bridgehead atoms. The van der Waals surface area contributed by atoms with Gasteiger partial charge in [0, 0.05) is 6.21 Å². The summed E-state index contributed by atoms with van der Waals surface area (Å²) in [5.74, 6) is 0.227. The van der Waals surface area contributed by atoms with Gasteiger partial charge in [-0.1, -0.05) is 32.1 Å². The summed E-state index contributed by atoms with van der Waals surface area (Å²) in [5.41, 5.74) is 1.01. The highest BCUT2D eigenvalue weighted by atomic mass is 16.5. The van der Waals surface area contributed by atoms with Crippen molar-refractivity contribution in [2.75, 3.05) is 7.11 Å². The molecule has 1 rings (SSSR count). The maximum atomic E-state index is 11.0. The van der Waals surface area contributed by atoms with Crippen molar-refractivity contribution in [2.45, 2.75) is 26.3 Å². The number of nitrogens with zero attached hydrogens (tertiary/aromatic N) is 1. The van der Waals surface area contributed by atoms with Crippen LogP contribution in [0.5, 0.6) is 5.75 Å². The summed E-state index contributed by atoms with van der Waals surface area (Å²) >= 11 is 0. The molecule has 0 aliphatic rings. The Labute approximate surface area is 119 Å². The first-order valence-corrected chi connectivity index (χ1v) is 6.59. The molecule has 108 valence electrons. The Morgan fingerprint density at radius 1 is 1.35 bits per heavy atom. The number of carbonyl (C=O) groups is 1. The number of hydrogen-bond donors (Lipinski definition) is 1. The summed E-state index contributed by atoms with van der Waals surface area (Å²) in [6.07, 6.45) is 5.71. The Morgan fingerprint density at radius 3 is 2.50 bits per heavy atom. The van der Waals surface area contributed by atoms with Gasteiger partial charge in [0.1, 0.15) is 11.8 Å². The molecule has 1 N–H and O–H groups in total. The van der Waals surface area contributed by atoms with Gasteiger partial charge >= 0.3 is 5.97 Å². The monoisotopic (exact) mass is 275 g/mol. The molecular weight excluding hydrogens is 254 g/mol. The van der Waals surface area contributed by atoms with E-state index < -0.39 is 12.0 Å². The number of allylic oxidation sites excluding steroid dienone is 1. The highest BCUT2D eigenvalue weighted by Gasteiger charge is 2.16. The molecule has 20 heavy (non-hydrogen) atoms. The van der Waals surface area contributed by atoms with E-state index in [2.05, 4.69) is 4.99 Å². The van der Waals surface area contributed by atoms with E-state index in [-0.39, 0.29) is 0 Å². The van der Waals surface area contributed by atoms with E-state index in [1.54, 1.807) is 19.4 Å². The first kappa shape index (κ1) is 16.0. The lowest BCUT2D eigenvalue weighted by Crippen LogP contribution is -2.19. The van der Waals surface area contributed by atoms with Gasteiger partial charge in [-0.05, 0) is 36.1 Å². The number of benzene rings is 1. The standard InChI is InChI=1S/C16H21NO3/c1-12(2)11-15(16(18)19)17-10-4-5-13-6-8-14(20-3)9-7-13/h4-10,12,15H,11H2,1-3H3,(H,18,19)/b5-4+,17-10?/t15-/m0/s1. The molecule has 4 nitrogen and oxygen atoms in total. The maximum absolute atomic E-state index is 11.0. The van der Waals surface area contributed by atoms with Crippen LogP contribution in [0.2, 0.25) is 0 Å². The van der Waals surface area contributed by atoms with E-state index in [9.17, 15) is 4.79 Å². The van der Waals surface area contributed by atoms with Crippen molar-refractivity contribution in [1.29, 1.82) is 0 Å². The fraction of sp³-hybridized carbons (Fsp3) is 0.375. The summed E-state index contributed by atoms with van der Waals surface area (Å²) in [4.78, 5) is 15.1. The predicted molar refractivity (Wildman–Crippen MR) is 81.4 cm³/mol. The second kappa shape index (κ2) is 8.15. The first-order valence-electron chi connectivity index (χ1n) is 6.59. The van der Waals surface area contributed by atoms with Crippen molar-refractivity contribution in [3.63, 3.8) is 0 Å². The number of carboxylic acid groups (broad SMARTS) is 1. The van der Waals surface area contributed by atoms with Crippen molar-refractivity contribution in [3.05, 3.63) is 35.9 Å². The van der Waals surface area contributed by atoms with Gasteiger partial charge in [-0.2, -0.15) is 0 Å². The molecule has 0 amide bonds. The Balaban J connectivity index is 2.60. The second-order valence-corrected chi connectivity index (χ2v) is 4.91. The van der Waals surface area contributed by atoms with Crippen LogP contribution in [0.4, 0.5) is 0 Å². The molecule has 0 aliphatic heterocycles. The van der Waals surface area contributed by atoms with Crippen molar-refractivity contribution in [3.8, 4) is 5.75 Å². The van der Waals surface area contributed by atoms with Gasteiger partial charge in [-0.3, -0.25) is 4.99 Å². The quantitative estimate of drug-likeness (QED) is 0.777. The molecular formula is C16H21NO3. The van der Waals surface area contributed by atoms with Gasteiger partial charge in [0.25, 0.3) is 0 Å². The Kier molecular flexibility index (Phi) is 6.50. The summed E-state index contributed by atoms with van der Waals surface area (Å²) in [6.45, 7) is 3.97. The molecule has 0 saturated heterocycles. The van der Waals surface area contributed by atoms with Crippen molar-refractivity contribution >= 4 is 18.3 Å². The molecule has 1 aromatic rings. The minimum atomic E-state index is -0.882. The molecule has 0 aliphatic carbocycles. The van der Waals surface area contributed by atoms with E-state index in [4.69, 9.17) is 9.84 Å². The largest absolute Gasteiger partial charge is 0.497 e. The molecule has 0 saturated carbocycles. The SMILES string of the molecule is COc1ccc(/C=C/C=N[C@@H](CC(C)C)C(=O)O)cc1. The third-order valence-corrected chi connectivity index (χ3v) is 2.74. The number of ether oxygens (including phenoxy) is 1. The fourth-order valence-electron chi connectivity index (χ4n) is 1.69. The molecule has 0 heterocycles. The third kappa shape index (κ3) is 5.69. The van der Waals surface area contributed by atoms with Crippen LogP contribution in [0.1, 0.15) is 25.8 Å². The Hall–Kier alpha value is -2.10. The zero-order chi connectivity index (χ0) is 15.0. The Bertz CT molecular complexity index is 475. The minimum Gasteiger partial charge on any atom is -0.497 e. The molecule has 0 spiro atoms. The average molecular weight is 275 g/mol. The van der Waals surface area contributed by atoms with Crippen LogP contribution in [0.25, 0.3) is 6.08 Å².